The van der Waals surface area contributed by atoms with Crippen molar-refractivity contribution in [3.05, 3.63) is 11.6 Å². The SMILES string of the molecule is CC[C@H](CC[C@@H](C)[C@H]1CC[C@H]2[C@@H]3CC=C4CC(OC(C)=O)CC[C@]4(C)[C@H]3CC[C@]12C)C(C)C. The van der Waals surface area contributed by atoms with Crippen molar-refractivity contribution in [2.45, 2.75) is 125 Å². The number of allylic oxidation sites excluding steroid dienone is 1. The highest BCUT2D eigenvalue weighted by Gasteiger charge is 2.59. The lowest BCUT2D eigenvalue weighted by Gasteiger charge is -2.58. The molecule has 0 aromatic rings. The van der Waals surface area contributed by atoms with E-state index in [1.807, 2.05) is 0 Å². The van der Waals surface area contributed by atoms with Crippen molar-refractivity contribution in [3.8, 4) is 0 Å². The highest BCUT2D eigenvalue weighted by molar-refractivity contribution is 5.66. The molecule has 188 valence electrons. The Labute approximate surface area is 204 Å². The molecule has 4 aliphatic rings. The quantitative estimate of drug-likeness (QED) is 0.283. The zero-order valence-corrected chi connectivity index (χ0v) is 22.8. The van der Waals surface area contributed by atoms with E-state index in [0.717, 1.165) is 54.3 Å². The van der Waals surface area contributed by atoms with Gasteiger partial charge in [0.1, 0.15) is 6.10 Å². The van der Waals surface area contributed by atoms with Crippen LogP contribution in [0.1, 0.15) is 119 Å². The van der Waals surface area contributed by atoms with Crippen LogP contribution < -0.4 is 0 Å². The lowest BCUT2D eigenvalue weighted by molar-refractivity contribution is -0.148. The normalized spacial score (nSPS) is 42.1. The number of hydrogen-bond acceptors (Lipinski definition) is 2. The van der Waals surface area contributed by atoms with Crippen LogP contribution in [0.15, 0.2) is 11.6 Å². The maximum atomic E-state index is 11.5. The van der Waals surface area contributed by atoms with Crippen molar-refractivity contribution >= 4 is 5.97 Å². The molecule has 2 heteroatoms. The molecule has 33 heavy (non-hydrogen) atoms. The standard InChI is InChI=1S/C31H52O2/c1-8-23(20(2)3)10-9-21(4)27-13-14-28-26-12-11-24-19-25(33-22(5)32)15-17-30(24,6)29(26)16-18-31(27,28)7/h11,20-21,23,25-29H,8-10,12-19H2,1-7H3/t21-,23-,25?,26+,27-,28+,29+,30+,31-/m1/s1. The molecule has 1 unspecified atom stereocenters. The second-order valence-electron chi connectivity index (χ2n) is 13.4. The van der Waals surface area contributed by atoms with Crippen LogP contribution in [0.25, 0.3) is 0 Å². The van der Waals surface area contributed by atoms with Crippen LogP contribution in [0, 0.1) is 52.3 Å². The molecule has 0 aromatic heterocycles. The first-order valence-electron chi connectivity index (χ1n) is 14.5. The average Bonchev–Trinajstić information content (AvgIpc) is 3.11. The molecule has 9 atom stereocenters. The second kappa shape index (κ2) is 9.69. The summed E-state index contributed by atoms with van der Waals surface area (Å²) in [7, 11) is 0. The zero-order valence-electron chi connectivity index (χ0n) is 22.8. The maximum absolute atomic E-state index is 11.5. The number of hydrogen-bond donors (Lipinski definition) is 0. The predicted molar refractivity (Wildman–Crippen MR) is 138 cm³/mol. The van der Waals surface area contributed by atoms with Gasteiger partial charge in [0, 0.05) is 13.3 Å². The summed E-state index contributed by atoms with van der Waals surface area (Å²) < 4.78 is 5.63. The van der Waals surface area contributed by atoms with Gasteiger partial charge in [-0.25, -0.2) is 0 Å². The van der Waals surface area contributed by atoms with Crippen molar-refractivity contribution in [1.82, 2.24) is 0 Å². The Balaban J connectivity index is 1.46. The molecule has 0 aliphatic heterocycles. The van der Waals surface area contributed by atoms with E-state index in [1.165, 1.54) is 57.8 Å². The Morgan fingerprint density at radius 3 is 2.48 bits per heavy atom. The van der Waals surface area contributed by atoms with Gasteiger partial charge in [-0.2, -0.15) is 0 Å². The Morgan fingerprint density at radius 1 is 1.06 bits per heavy atom. The van der Waals surface area contributed by atoms with Gasteiger partial charge in [-0.05, 0) is 104 Å². The zero-order chi connectivity index (χ0) is 24.0. The summed E-state index contributed by atoms with van der Waals surface area (Å²) in [6.07, 6.45) is 17.2. The molecule has 0 saturated heterocycles. The van der Waals surface area contributed by atoms with Gasteiger partial charge in [0.25, 0.3) is 0 Å². The van der Waals surface area contributed by atoms with Gasteiger partial charge in [0.05, 0.1) is 0 Å². The van der Waals surface area contributed by atoms with Crippen LogP contribution >= 0.6 is 0 Å². The van der Waals surface area contributed by atoms with Gasteiger partial charge in [-0.3, -0.25) is 4.79 Å². The van der Waals surface area contributed by atoms with Crippen LogP contribution in [0.2, 0.25) is 0 Å². The molecule has 4 aliphatic carbocycles. The average molecular weight is 457 g/mol. The van der Waals surface area contributed by atoms with E-state index in [2.05, 4.69) is 47.6 Å². The highest BCUT2D eigenvalue weighted by Crippen LogP contribution is 2.67. The fourth-order valence-electron chi connectivity index (χ4n) is 9.63. The molecule has 0 heterocycles. The summed E-state index contributed by atoms with van der Waals surface area (Å²) in [5.74, 6) is 6.03. The maximum Gasteiger partial charge on any atom is 0.302 e. The third kappa shape index (κ3) is 4.58. The molecular weight excluding hydrogens is 404 g/mol. The Bertz CT molecular complexity index is 737. The summed E-state index contributed by atoms with van der Waals surface area (Å²) in [5.41, 5.74) is 2.51. The molecule has 2 nitrogen and oxygen atoms in total. The van der Waals surface area contributed by atoms with Gasteiger partial charge in [0.2, 0.25) is 0 Å². The lowest BCUT2D eigenvalue weighted by atomic mass is 9.47. The molecule has 0 radical (unpaired) electrons. The molecule has 4 rings (SSSR count). The Kier molecular flexibility index (Phi) is 7.43. The third-order valence-corrected chi connectivity index (χ3v) is 11.6. The molecule has 0 amide bonds. The monoisotopic (exact) mass is 456 g/mol. The number of carbonyl (C=O) groups is 1. The first kappa shape index (κ1) is 25.3. The molecule has 0 bridgehead atoms. The van der Waals surface area contributed by atoms with Crippen molar-refractivity contribution in [2.75, 3.05) is 0 Å². The third-order valence-electron chi connectivity index (χ3n) is 11.6. The topological polar surface area (TPSA) is 26.3 Å². The minimum atomic E-state index is -0.115. The van der Waals surface area contributed by atoms with Crippen LogP contribution in [0.4, 0.5) is 0 Å². The predicted octanol–water partition coefficient (Wildman–Crippen LogP) is 8.60. The first-order chi connectivity index (χ1) is 15.6. The molecule has 0 N–H and O–H groups in total. The van der Waals surface area contributed by atoms with Crippen molar-refractivity contribution in [2.24, 2.45) is 52.3 Å². The van der Waals surface area contributed by atoms with Crippen molar-refractivity contribution in [3.63, 3.8) is 0 Å². The highest BCUT2D eigenvalue weighted by atomic mass is 16.5. The van der Waals surface area contributed by atoms with Gasteiger partial charge in [-0.15, -0.1) is 0 Å². The fourth-order valence-corrected chi connectivity index (χ4v) is 9.63. The van der Waals surface area contributed by atoms with Gasteiger partial charge < -0.3 is 4.74 Å². The van der Waals surface area contributed by atoms with Crippen LogP contribution in [0.5, 0.6) is 0 Å². The van der Waals surface area contributed by atoms with Crippen molar-refractivity contribution in [1.29, 1.82) is 0 Å². The number of fused-ring (bicyclic) bond motifs is 5. The smallest absolute Gasteiger partial charge is 0.302 e. The fraction of sp³-hybridized carbons (Fsp3) is 0.903. The molecular formula is C31H52O2. The van der Waals surface area contributed by atoms with Gasteiger partial charge >= 0.3 is 5.97 Å². The van der Waals surface area contributed by atoms with Crippen LogP contribution in [-0.2, 0) is 9.53 Å². The number of carbonyl (C=O) groups excluding carboxylic acids is 1. The van der Waals surface area contributed by atoms with E-state index in [0.29, 0.717) is 10.8 Å². The molecule has 0 spiro atoms. The number of rotatable bonds is 7. The number of esters is 1. The Hall–Kier alpha value is -0.790. The van der Waals surface area contributed by atoms with Crippen LogP contribution in [0.3, 0.4) is 0 Å². The molecule has 3 saturated carbocycles. The largest absolute Gasteiger partial charge is 0.462 e. The second-order valence-corrected chi connectivity index (χ2v) is 13.4. The lowest BCUT2D eigenvalue weighted by Crippen LogP contribution is -2.51. The van der Waals surface area contributed by atoms with Crippen LogP contribution in [-0.4, -0.2) is 12.1 Å². The molecule has 3 fully saturated rings. The van der Waals surface area contributed by atoms with E-state index in [1.54, 1.807) is 12.5 Å². The number of ether oxygens (including phenoxy) is 1. The summed E-state index contributed by atoms with van der Waals surface area (Å²) in [6, 6.07) is 0. The van der Waals surface area contributed by atoms with Crippen molar-refractivity contribution < 1.29 is 9.53 Å². The molecule has 0 aromatic carbocycles. The first-order valence-corrected chi connectivity index (χ1v) is 14.5. The van der Waals surface area contributed by atoms with E-state index in [4.69, 9.17) is 4.74 Å². The van der Waals surface area contributed by atoms with E-state index >= 15 is 0 Å². The van der Waals surface area contributed by atoms with E-state index in [9.17, 15) is 4.79 Å². The van der Waals surface area contributed by atoms with E-state index in [-0.39, 0.29) is 12.1 Å². The summed E-state index contributed by atoms with van der Waals surface area (Å²) in [6.45, 7) is 16.6. The summed E-state index contributed by atoms with van der Waals surface area (Å²) in [5, 5.41) is 0. The van der Waals surface area contributed by atoms with Gasteiger partial charge in [-0.1, -0.05) is 66.0 Å². The van der Waals surface area contributed by atoms with E-state index < -0.39 is 0 Å². The summed E-state index contributed by atoms with van der Waals surface area (Å²) >= 11 is 0. The minimum Gasteiger partial charge on any atom is -0.462 e. The minimum absolute atomic E-state index is 0.113. The Morgan fingerprint density at radius 2 is 1.82 bits per heavy atom. The summed E-state index contributed by atoms with van der Waals surface area (Å²) in [4.78, 5) is 11.5. The van der Waals surface area contributed by atoms with Gasteiger partial charge in [0.15, 0.2) is 0 Å².